The molecule has 1 aromatic rings. The van der Waals surface area contributed by atoms with Crippen LogP contribution in [-0.4, -0.2) is 29.1 Å². The summed E-state index contributed by atoms with van der Waals surface area (Å²) in [4.78, 5) is 11.5. The van der Waals surface area contributed by atoms with Crippen molar-refractivity contribution in [3.8, 4) is 0 Å². The molecular weight excluding hydrogens is 236 g/mol. The summed E-state index contributed by atoms with van der Waals surface area (Å²) in [5, 5.41) is 3.35. The van der Waals surface area contributed by atoms with Gasteiger partial charge in [-0.1, -0.05) is 13.8 Å². The van der Waals surface area contributed by atoms with Crippen LogP contribution in [0.5, 0.6) is 0 Å². The van der Waals surface area contributed by atoms with Crippen molar-refractivity contribution in [2.75, 3.05) is 18.0 Å². The van der Waals surface area contributed by atoms with Crippen molar-refractivity contribution in [2.45, 2.75) is 52.6 Å². The average molecular weight is 262 g/mol. The Hall–Kier alpha value is -1.16. The Morgan fingerprint density at radius 2 is 2.16 bits per heavy atom. The summed E-state index contributed by atoms with van der Waals surface area (Å²) in [7, 11) is 0. The molecule has 0 bridgehead atoms. The van der Waals surface area contributed by atoms with Crippen LogP contribution < -0.4 is 10.2 Å². The molecule has 0 spiro atoms. The largest absolute Gasteiger partial charge is 0.353 e. The third-order valence-electron chi connectivity index (χ3n) is 3.86. The first-order valence-electron chi connectivity index (χ1n) is 7.49. The highest BCUT2D eigenvalue weighted by Gasteiger charge is 2.23. The maximum atomic E-state index is 4.58. The highest BCUT2D eigenvalue weighted by molar-refractivity contribution is 5.37. The van der Waals surface area contributed by atoms with Gasteiger partial charge in [-0.05, 0) is 38.6 Å². The number of nitrogens with one attached hydrogen (secondary N) is 1. The van der Waals surface area contributed by atoms with Crippen LogP contribution in [0, 0.1) is 5.92 Å². The molecule has 1 aromatic heterocycles. The second kappa shape index (κ2) is 6.85. The van der Waals surface area contributed by atoms with Crippen LogP contribution in [0.15, 0.2) is 12.4 Å². The van der Waals surface area contributed by atoms with E-state index in [4.69, 9.17) is 0 Å². The Morgan fingerprint density at radius 3 is 2.79 bits per heavy atom. The summed E-state index contributed by atoms with van der Waals surface area (Å²) in [5.74, 6) is 1.86. The van der Waals surface area contributed by atoms with Gasteiger partial charge in [-0.25, -0.2) is 4.98 Å². The second-order valence-corrected chi connectivity index (χ2v) is 5.71. The number of hydrogen-bond donors (Lipinski definition) is 1. The standard InChI is InChI=1S/C15H26N4/c1-4-6-16-9-14-10-18-15(11-17-14)19-7-5-12(2)8-13(19)3/h10-13,16H,4-9H2,1-3H3. The molecule has 1 N–H and O–H groups in total. The highest BCUT2D eigenvalue weighted by atomic mass is 15.2. The van der Waals surface area contributed by atoms with Crippen LogP contribution in [0.25, 0.3) is 0 Å². The number of hydrogen-bond acceptors (Lipinski definition) is 4. The summed E-state index contributed by atoms with van der Waals surface area (Å²) in [6.07, 6.45) is 7.49. The molecule has 2 heterocycles. The van der Waals surface area contributed by atoms with Gasteiger partial charge in [-0.15, -0.1) is 0 Å². The van der Waals surface area contributed by atoms with E-state index < -0.39 is 0 Å². The van der Waals surface area contributed by atoms with Crippen LogP contribution in [0.4, 0.5) is 5.82 Å². The Bertz CT molecular complexity index is 376. The van der Waals surface area contributed by atoms with Gasteiger partial charge < -0.3 is 10.2 Å². The van der Waals surface area contributed by atoms with E-state index in [-0.39, 0.29) is 0 Å². The van der Waals surface area contributed by atoms with Crippen LogP contribution in [0.3, 0.4) is 0 Å². The molecule has 106 valence electrons. The zero-order chi connectivity index (χ0) is 13.7. The Kier molecular flexibility index (Phi) is 5.14. The van der Waals surface area contributed by atoms with Crippen molar-refractivity contribution in [3.63, 3.8) is 0 Å². The maximum Gasteiger partial charge on any atom is 0.147 e. The van der Waals surface area contributed by atoms with Gasteiger partial charge in [0.15, 0.2) is 0 Å². The van der Waals surface area contributed by atoms with Crippen molar-refractivity contribution in [1.82, 2.24) is 15.3 Å². The minimum absolute atomic E-state index is 0.571. The second-order valence-electron chi connectivity index (χ2n) is 5.71. The molecule has 1 saturated heterocycles. The number of aromatic nitrogens is 2. The van der Waals surface area contributed by atoms with Crippen molar-refractivity contribution in [2.24, 2.45) is 5.92 Å². The monoisotopic (exact) mass is 262 g/mol. The summed E-state index contributed by atoms with van der Waals surface area (Å²) in [6.45, 7) is 9.74. The number of rotatable bonds is 5. The van der Waals surface area contributed by atoms with E-state index in [1.165, 1.54) is 12.8 Å². The molecule has 0 aliphatic carbocycles. The van der Waals surface area contributed by atoms with Crippen molar-refractivity contribution >= 4 is 5.82 Å². The zero-order valence-electron chi connectivity index (χ0n) is 12.4. The lowest BCUT2D eigenvalue weighted by Gasteiger charge is -2.37. The molecule has 19 heavy (non-hydrogen) atoms. The first-order chi connectivity index (χ1) is 9.20. The average Bonchev–Trinajstić information content (AvgIpc) is 2.40. The SMILES string of the molecule is CCCNCc1cnc(N2CCC(C)CC2C)cn1. The third-order valence-corrected chi connectivity index (χ3v) is 3.86. The lowest BCUT2D eigenvalue weighted by atomic mass is 9.93. The van der Waals surface area contributed by atoms with Crippen LogP contribution in [0.2, 0.25) is 0 Å². The fourth-order valence-electron chi connectivity index (χ4n) is 2.73. The van der Waals surface area contributed by atoms with Crippen molar-refractivity contribution < 1.29 is 0 Å². The predicted molar refractivity (Wildman–Crippen MR) is 79.2 cm³/mol. The summed E-state index contributed by atoms with van der Waals surface area (Å²) >= 11 is 0. The number of nitrogens with zero attached hydrogens (tertiary/aromatic N) is 3. The Morgan fingerprint density at radius 1 is 1.32 bits per heavy atom. The fraction of sp³-hybridized carbons (Fsp3) is 0.733. The summed E-state index contributed by atoms with van der Waals surface area (Å²) < 4.78 is 0. The third kappa shape index (κ3) is 3.90. The molecule has 0 aromatic carbocycles. The normalized spacial score (nSPS) is 23.6. The number of anilines is 1. The summed E-state index contributed by atoms with van der Waals surface area (Å²) in [6, 6.07) is 0.571. The molecule has 2 rings (SSSR count). The predicted octanol–water partition coefficient (Wildman–Crippen LogP) is 2.60. The molecule has 2 atom stereocenters. The first kappa shape index (κ1) is 14.3. The minimum atomic E-state index is 0.571. The first-order valence-corrected chi connectivity index (χ1v) is 7.49. The summed E-state index contributed by atoms with van der Waals surface area (Å²) in [5.41, 5.74) is 1.02. The quantitative estimate of drug-likeness (QED) is 0.828. The van der Waals surface area contributed by atoms with E-state index in [2.05, 4.69) is 41.0 Å². The maximum absolute atomic E-state index is 4.58. The van der Waals surface area contributed by atoms with Crippen LogP contribution >= 0.6 is 0 Å². The minimum Gasteiger partial charge on any atom is -0.353 e. The van der Waals surface area contributed by atoms with Gasteiger partial charge in [0, 0.05) is 19.1 Å². The Balaban J connectivity index is 1.94. The van der Waals surface area contributed by atoms with Gasteiger partial charge >= 0.3 is 0 Å². The topological polar surface area (TPSA) is 41.1 Å². The molecular formula is C15H26N4. The molecule has 0 saturated carbocycles. The molecule has 0 amide bonds. The molecule has 1 aliphatic heterocycles. The molecule has 2 unspecified atom stereocenters. The fourth-order valence-corrected chi connectivity index (χ4v) is 2.73. The molecule has 4 heteroatoms. The van der Waals surface area contributed by atoms with Gasteiger partial charge in [-0.2, -0.15) is 0 Å². The lowest BCUT2D eigenvalue weighted by Crippen LogP contribution is -2.40. The highest BCUT2D eigenvalue weighted by Crippen LogP contribution is 2.25. The zero-order valence-corrected chi connectivity index (χ0v) is 12.4. The van der Waals surface area contributed by atoms with E-state index >= 15 is 0 Å². The van der Waals surface area contributed by atoms with Crippen LogP contribution in [0.1, 0.15) is 45.7 Å². The van der Waals surface area contributed by atoms with E-state index in [1.54, 1.807) is 0 Å². The van der Waals surface area contributed by atoms with Gasteiger partial charge in [0.2, 0.25) is 0 Å². The van der Waals surface area contributed by atoms with E-state index in [1.807, 2.05) is 12.4 Å². The molecule has 0 radical (unpaired) electrons. The van der Waals surface area contributed by atoms with E-state index in [9.17, 15) is 0 Å². The van der Waals surface area contributed by atoms with E-state index in [0.29, 0.717) is 6.04 Å². The van der Waals surface area contributed by atoms with Crippen molar-refractivity contribution in [1.29, 1.82) is 0 Å². The van der Waals surface area contributed by atoms with Gasteiger partial charge in [0.05, 0.1) is 18.1 Å². The molecule has 1 aliphatic rings. The van der Waals surface area contributed by atoms with Gasteiger partial charge in [0.25, 0.3) is 0 Å². The van der Waals surface area contributed by atoms with Gasteiger partial charge in [-0.3, -0.25) is 4.98 Å². The number of piperidine rings is 1. The van der Waals surface area contributed by atoms with E-state index in [0.717, 1.165) is 43.5 Å². The van der Waals surface area contributed by atoms with Crippen LogP contribution in [-0.2, 0) is 6.54 Å². The smallest absolute Gasteiger partial charge is 0.147 e. The molecule has 1 fully saturated rings. The Labute approximate surface area is 116 Å². The lowest BCUT2D eigenvalue weighted by molar-refractivity contribution is 0.375. The molecule has 4 nitrogen and oxygen atoms in total. The van der Waals surface area contributed by atoms with Gasteiger partial charge in [0.1, 0.15) is 5.82 Å². The van der Waals surface area contributed by atoms with Crippen molar-refractivity contribution in [3.05, 3.63) is 18.1 Å².